The van der Waals surface area contributed by atoms with Crippen molar-refractivity contribution < 1.29 is 4.79 Å². The molecule has 0 bridgehead atoms. The van der Waals surface area contributed by atoms with Gasteiger partial charge in [-0.1, -0.05) is 23.2 Å². The number of amides is 1. The van der Waals surface area contributed by atoms with Crippen LogP contribution in [0.5, 0.6) is 0 Å². The second kappa shape index (κ2) is 5.43. The topological polar surface area (TPSA) is 49.6 Å². The van der Waals surface area contributed by atoms with Gasteiger partial charge in [0.1, 0.15) is 0 Å². The van der Waals surface area contributed by atoms with Crippen LogP contribution in [-0.4, -0.2) is 47.9 Å². The summed E-state index contributed by atoms with van der Waals surface area (Å²) in [7, 11) is 2.06. The van der Waals surface area contributed by atoms with E-state index < -0.39 is 0 Å². The number of anilines is 1. The monoisotopic (exact) mass is 315 g/mol. The molecule has 1 aliphatic rings. The summed E-state index contributed by atoms with van der Waals surface area (Å²) >= 11 is 12.1. The van der Waals surface area contributed by atoms with Gasteiger partial charge in [-0.25, -0.2) is 0 Å². The lowest BCUT2D eigenvalue weighted by Crippen LogP contribution is -2.58. The lowest BCUT2D eigenvalue weighted by Gasteiger charge is -2.45. The van der Waals surface area contributed by atoms with Crippen LogP contribution in [0.25, 0.3) is 0 Å². The SMILES string of the molecule is CN1CCN(C(=O)c2cc(N)cc(Cl)c2Cl)CC1(C)C. The molecule has 2 rings (SSSR count). The third-order valence-electron chi connectivity index (χ3n) is 3.88. The van der Waals surface area contributed by atoms with Crippen molar-refractivity contribution in [3.63, 3.8) is 0 Å². The highest BCUT2D eigenvalue weighted by Gasteiger charge is 2.34. The molecule has 1 saturated heterocycles. The maximum Gasteiger partial charge on any atom is 0.255 e. The second-order valence-electron chi connectivity index (χ2n) is 5.82. The fraction of sp³-hybridized carbons (Fsp3) is 0.500. The normalized spacial score (nSPS) is 19.1. The first-order chi connectivity index (χ1) is 9.22. The summed E-state index contributed by atoms with van der Waals surface area (Å²) in [6.07, 6.45) is 0. The van der Waals surface area contributed by atoms with Crippen molar-refractivity contribution in [1.29, 1.82) is 0 Å². The molecular formula is C14H19Cl2N3O. The van der Waals surface area contributed by atoms with E-state index >= 15 is 0 Å². The minimum Gasteiger partial charge on any atom is -0.399 e. The van der Waals surface area contributed by atoms with E-state index in [1.165, 1.54) is 0 Å². The predicted octanol–water partition coefficient (Wildman–Crippen LogP) is 2.74. The number of nitrogens with two attached hydrogens (primary N) is 1. The molecule has 0 aromatic heterocycles. The van der Waals surface area contributed by atoms with Gasteiger partial charge in [-0.05, 0) is 33.0 Å². The molecule has 0 radical (unpaired) electrons. The van der Waals surface area contributed by atoms with Gasteiger partial charge in [-0.15, -0.1) is 0 Å². The minimum absolute atomic E-state index is 0.0650. The van der Waals surface area contributed by atoms with Crippen LogP contribution >= 0.6 is 23.2 Å². The third-order valence-corrected chi connectivity index (χ3v) is 4.69. The molecule has 1 amide bonds. The molecule has 20 heavy (non-hydrogen) atoms. The Morgan fingerprint density at radius 1 is 1.30 bits per heavy atom. The largest absolute Gasteiger partial charge is 0.399 e. The van der Waals surface area contributed by atoms with Crippen LogP contribution in [0.3, 0.4) is 0 Å². The van der Waals surface area contributed by atoms with E-state index in [9.17, 15) is 4.79 Å². The zero-order chi connectivity index (χ0) is 15.1. The number of hydrogen-bond acceptors (Lipinski definition) is 3. The number of nitrogen functional groups attached to an aromatic ring is 1. The standard InChI is InChI=1S/C14H19Cl2N3O/c1-14(2)8-19(5-4-18(14)3)13(20)10-6-9(17)7-11(15)12(10)16/h6-7H,4-5,8,17H2,1-3H3. The van der Waals surface area contributed by atoms with Crippen molar-refractivity contribution in [2.24, 2.45) is 0 Å². The summed E-state index contributed by atoms with van der Waals surface area (Å²) < 4.78 is 0. The number of likely N-dealkylation sites (N-methyl/N-ethyl adjacent to an activating group) is 1. The van der Waals surface area contributed by atoms with Crippen LogP contribution in [-0.2, 0) is 0 Å². The molecule has 1 aromatic rings. The van der Waals surface area contributed by atoms with Crippen molar-refractivity contribution in [1.82, 2.24) is 9.80 Å². The quantitative estimate of drug-likeness (QED) is 0.811. The summed E-state index contributed by atoms with van der Waals surface area (Å²) in [5.41, 5.74) is 6.50. The summed E-state index contributed by atoms with van der Waals surface area (Å²) in [5.74, 6) is -0.120. The maximum absolute atomic E-state index is 12.6. The fourth-order valence-electron chi connectivity index (χ4n) is 2.35. The highest BCUT2D eigenvalue weighted by molar-refractivity contribution is 6.44. The molecule has 0 aliphatic carbocycles. The van der Waals surface area contributed by atoms with E-state index in [1.54, 1.807) is 17.0 Å². The Morgan fingerprint density at radius 3 is 2.55 bits per heavy atom. The van der Waals surface area contributed by atoms with Gasteiger partial charge in [0.15, 0.2) is 0 Å². The zero-order valence-corrected chi connectivity index (χ0v) is 13.4. The summed E-state index contributed by atoms with van der Waals surface area (Å²) in [5, 5.41) is 0.575. The van der Waals surface area contributed by atoms with Gasteiger partial charge < -0.3 is 10.6 Å². The van der Waals surface area contributed by atoms with Gasteiger partial charge >= 0.3 is 0 Å². The summed E-state index contributed by atoms with van der Waals surface area (Å²) in [4.78, 5) is 16.7. The molecule has 1 fully saturated rings. The Labute approximate surface area is 129 Å². The van der Waals surface area contributed by atoms with E-state index in [4.69, 9.17) is 28.9 Å². The lowest BCUT2D eigenvalue weighted by molar-refractivity contribution is 0.0311. The Morgan fingerprint density at radius 2 is 1.95 bits per heavy atom. The van der Waals surface area contributed by atoms with Gasteiger partial charge in [0.2, 0.25) is 0 Å². The van der Waals surface area contributed by atoms with Crippen molar-refractivity contribution in [2.75, 3.05) is 32.4 Å². The van der Waals surface area contributed by atoms with Gasteiger partial charge in [0, 0.05) is 30.9 Å². The average Bonchev–Trinajstić information content (AvgIpc) is 2.36. The number of carbonyl (C=O) groups is 1. The Balaban J connectivity index is 2.29. The fourth-order valence-corrected chi connectivity index (χ4v) is 2.77. The summed E-state index contributed by atoms with van der Waals surface area (Å²) in [6, 6.07) is 3.14. The molecule has 2 N–H and O–H groups in total. The van der Waals surface area contributed by atoms with Crippen molar-refractivity contribution >= 4 is 34.8 Å². The Kier molecular flexibility index (Phi) is 4.19. The number of hydrogen-bond donors (Lipinski definition) is 1. The predicted molar refractivity (Wildman–Crippen MR) is 83.5 cm³/mol. The first-order valence-corrected chi connectivity index (χ1v) is 7.23. The number of piperazine rings is 1. The van der Waals surface area contributed by atoms with Crippen LogP contribution in [0.2, 0.25) is 10.0 Å². The van der Waals surface area contributed by atoms with Crippen LogP contribution in [0, 0.1) is 0 Å². The van der Waals surface area contributed by atoms with E-state index in [2.05, 4.69) is 25.8 Å². The van der Waals surface area contributed by atoms with Crippen LogP contribution in [0.15, 0.2) is 12.1 Å². The molecule has 110 valence electrons. The molecule has 4 nitrogen and oxygen atoms in total. The first kappa shape index (κ1) is 15.4. The lowest BCUT2D eigenvalue weighted by atomic mass is 9.99. The zero-order valence-electron chi connectivity index (χ0n) is 11.9. The molecule has 1 heterocycles. The highest BCUT2D eigenvalue weighted by Crippen LogP contribution is 2.30. The van der Waals surface area contributed by atoms with Crippen LogP contribution in [0.1, 0.15) is 24.2 Å². The van der Waals surface area contributed by atoms with Gasteiger partial charge in [-0.2, -0.15) is 0 Å². The average molecular weight is 316 g/mol. The number of carbonyl (C=O) groups excluding carboxylic acids is 1. The molecule has 0 saturated carbocycles. The molecule has 0 unspecified atom stereocenters. The van der Waals surface area contributed by atoms with Crippen molar-refractivity contribution in [3.05, 3.63) is 27.7 Å². The van der Waals surface area contributed by atoms with E-state index in [-0.39, 0.29) is 16.5 Å². The molecule has 0 atom stereocenters. The van der Waals surface area contributed by atoms with E-state index in [1.807, 2.05) is 0 Å². The first-order valence-electron chi connectivity index (χ1n) is 6.47. The molecule has 1 aliphatic heterocycles. The number of rotatable bonds is 1. The number of nitrogens with zero attached hydrogens (tertiary/aromatic N) is 2. The maximum atomic E-state index is 12.6. The molecule has 1 aromatic carbocycles. The smallest absolute Gasteiger partial charge is 0.255 e. The van der Waals surface area contributed by atoms with Gasteiger partial charge in [-0.3, -0.25) is 9.69 Å². The number of halogens is 2. The third kappa shape index (κ3) is 2.87. The van der Waals surface area contributed by atoms with E-state index in [0.29, 0.717) is 29.4 Å². The molecular weight excluding hydrogens is 297 g/mol. The number of benzene rings is 1. The summed E-state index contributed by atoms with van der Waals surface area (Å²) in [6.45, 7) is 6.36. The van der Waals surface area contributed by atoms with Crippen LogP contribution in [0.4, 0.5) is 5.69 Å². The van der Waals surface area contributed by atoms with E-state index in [0.717, 1.165) is 6.54 Å². The minimum atomic E-state index is -0.120. The van der Waals surface area contributed by atoms with Crippen molar-refractivity contribution in [2.45, 2.75) is 19.4 Å². The molecule has 6 heteroatoms. The Bertz CT molecular complexity index is 545. The second-order valence-corrected chi connectivity index (χ2v) is 6.61. The van der Waals surface area contributed by atoms with Gasteiger partial charge in [0.05, 0.1) is 15.6 Å². The van der Waals surface area contributed by atoms with Crippen LogP contribution < -0.4 is 5.73 Å². The molecule has 0 spiro atoms. The van der Waals surface area contributed by atoms with Crippen molar-refractivity contribution in [3.8, 4) is 0 Å². The highest BCUT2D eigenvalue weighted by atomic mass is 35.5. The Hall–Kier alpha value is -0.970. The van der Waals surface area contributed by atoms with Gasteiger partial charge in [0.25, 0.3) is 5.91 Å².